The molecule has 0 amide bonds. The zero-order valence-electron chi connectivity index (χ0n) is 23.7. The molecule has 0 bridgehead atoms. The van der Waals surface area contributed by atoms with Crippen molar-refractivity contribution in [2.75, 3.05) is 5.73 Å². The minimum atomic E-state index is -0.205. The van der Waals surface area contributed by atoms with Gasteiger partial charge < -0.3 is 36.6 Å². The van der Waals surface area contributed by atoms with Gasteiger partial charge in [-0.1, -0.05) is 26.0 Å². The molecule has 0 radical (unpaired) electrons. The molecule has 0 spiro atoms. The molecule has 40 heavy (non-hydrogen) atoms. The Morgan fingerprint density at radius 1 is 1.10 bits per heavy atom. The van der Waals surface area contributed by atoms with Crippen LogP contribution in [0.15, 0.2) is 89.6 Å². The standard InChI is InChI=1S/C29H32N6O3.C2H6/c1-18-13-24-23(10-11-33-28(24)32)19(2)25(18)16-34-27(31)14-22(15-30)37-17-20-6-8-21(9-7-20)38-26-5-4-12-35(3)29(26)36;1-2/h4-15,34H,16-17,30-31H2,1-3H3,(H2,32,33);1-2H3/b22-15+,27-14+;. The van der Waals surface area contributed by atoms with Gasteiger partial charge in [-0.05, 0) is 77.9 Å². The van der Waals surface area contributed by atoms with Crippen molar-refractivity contribution in [2.45, 2.75) is 40.8 Å². The lowest BCUT2D eigenvalue weighted by Crippen LogP contribution is -2.21. The maximum atomic E-state index is 12.1. The number of rotatable bonds is 9. The van der Waals surface area contributed by atoms with Crippen molar-refractivity contribution in [2.24, 2.45) is 18.5 Å². The van der Waals surface area contributed by atoms with Crippen LogP contribution in [-0.4, -0.2) is 9.55 Å². The number of pyridine rings is 2. The summed E-state index contributed by atoms with van der Waals surface area (Å²) in [6, 6.07) is 14.7. The van der Waals surface area contributed by atoms with E-state index < -0.39 is 0 Å². The van der Waals surface area contributed by atoms with Crippen molar-refractivity contribution in [1.29, 1.82) is 0 Å². The van der Waals surface area contributed by atoms with Crippen LogP contribution < -0.4 is 32.8 Å². The van der Waals surface area contributed by atoms with Gasteiger partial charge in [-0.3, -0.25) is 4.79 Å². The van der Waals surface area contributed by atoms with Gasteiger partial charge in [-0.15, -0.1) is 0 Å². The topological polar surface area (TPSA) is 143 Å². The molecule has 0 aliphatic heterocycles. The lowest BCUT2D eigenvalue weighted by Gasteiger charge is -2.16. The summed E-state index contributed by atoms with van der Waals surface area (Å²) in [6.07, 6.45) is 6.40. The van der Waals surface area contributed by atoms with E-state index >= 15 is 0 Å². The number of nitrogen functional groups attached to an aromatic ring is 1. The normalized spacial score (nSPS) is 11.5. The Morgan fingerprint density at radius 2 is 1.82 bits per heavy atom. The molecule has 2 heterocycles. The lowest BCUT2D eigenvalue weighted by molar-refractivity contribution is 0.209. The zero-order valence-corrected chi connectivity index (χ0v) is 23.7. The first-order chi connectivity index (χ1) is 19.3. The highest BCUT2D eigenvalue weighted by Gasteiger charge is 2.10. The SMILES string of the molecule is CC.Cc1cc2c(N)nccc2c(C)c1CN/C(N)=C/C(=C\N)OCc1ccc(Oc2cccn(C)c2=O)cc1. The summed E-state index contributed by atoms with van der Waals surface area (Å²) in [5.74, 6) is 2.18. The second-order valence-corrected chi connectivity index (χ2v) is 8.93. The molecule has 2 aromatic heterocycles. The Hall–Kier alpha value is -4.92. The van der Waals surface area contributed by atoms with Crippen molar-refractivity contribution in [3.63, 3.8) is 0 Å². The number of nitrogens with one attached hydrogen (secondary N) is 1. The second-order valence-electron chi connectivity index (χ2n) is 8.93. The Labute approximate surface area is 234 Å². The number of aryl methyl sites for hydroxylation is 3. The maximum Gasteiger partial charge on any atom is 0.293 e. The minimum absolute atomic E-state index is 0.205. The van der Waals surface area contributed by atoms with E-state index in [1.165, 1.54) is 10.8 Å². The number of ether oxygens (including phenoxy) is 2. The molecule has 0 atom stereocenters. The summed E-state index contributed by atoms with van der Waals surface area (Å²) in [6.45, 7) is 8.91. The van der Waals surface area contributed by atoms with E-state index in [2.05, 4.69) is 17.2 Å². The van der Waals surface area contributed by atoms with E-state index in [1.807, 2.05) is 45.0 Å². The van der Waals surface area contributed by atoms with Crippen molar-refractivity contribution in [1.82, 2.24) is 14.9 Å². The second kappa shape index (κ2) is 13.7. The van der Waals surface area contributed by atoms with E-state index in [-0.39, 0.29) is 17.9 Å². The van der Waals surface area contributed by atoms with Gasteiger partial charge in [0.2, 0.25) is 0 Å². The van der Waals surface area contributed by atoms with E-state index in [1.54, 1.807) is 49.8 Å². The van der Waals surface area contributed by atoms with Gasteiger partial charge in [0.05, 0.1) is 0 Å². The Balaban J connectivity index is 0.00000216. The van der Waals surface area contributed by atoms with Crippen LogP contribution in [-0.2, 0) is 24.9 Å². The molecule has 0 aliphatic carbocycles. The van der Waals surface area contributed by atoms with Gasteiger partial charge in [-0.2, -0.15) is 0 Å². The average molecular weight is 543 g/mol. The van der Waals surface area contributed by atoms with Crippen LogP contribution in [0.2, 0.25) is 0 Å². The monoisotopic (exact) mass is 542 g/mol. The van der Waals surface area contributed by atoms with Gasteiger partial charge in [0.25, 0.3) is 5.56 Å². The summed E-state index contributed by atoms with van der Waals surface area (Å²) in [5.41, 5.74) is 22.1. The fourth-order valence-electron chi connectivity index (χ4n) is 4.13. The number of hydrogen-bond donors (Lipinski definition) is 4. The molecule has 9 nitrogen and oxygen atoms in total. The van der Waals surface area contributed by atoms with E-state index in [0.717, 1.165) is 33.0 Å². The number of allylic oxidation sites excluding steroid dienone is 1. The molecule has 0 fully saturated rings. The van der Waals surface area contributed by atoms with E-state index in [4.69, 9.17) is 26.7 Å². The third-order valence-electron chi connectivity index (χ3n) is 6.29. The first-order valence-electron chi connectivity index (χ1n) is 13.1. The number of nitrogens with two attached hydrogens (primary N) is 3. The predicted molar refractivity (Wildman–Crippen MR) is 161 cm³/mol. The first kappa shape index (κ1) is 29.6. The van der Waals surface area contributed by atoms with Crippen LogP contribution in [0.3, 0.4) is 0 Å². The molecule has 0 unspecified atom stereocenters. The van der Waals surface area contributed by atoms with Crippen molar-refractivity contribution < 1.29 is 9.47 Å². The van der Waals surface area contributed by atoms with E-state index in [9.17, 15) is 4.79 Å². The molecule has 4 rings (SSSR count). The van der Waals surface area contributed by atoms with Crippen LogP contribution >= 0.6 is 0 Å². The van der Waals surface area contributed by atoms with Gasteiger partial charge in [-0.25, -0.2) is 4.98 Å². The molecule has 7 N–H and O–H groups in total. The zero-order chi connectivity index (χ0) is 29.2. The highest BCUT2D eigenvalue weighted by atomic mass is 16.5. The van der Waals surface area contributed by atoms with Gasteiger partial charge in [0.1, 0.15) is 29.8 Å². The van der Waals surface area contributed by atoms with Crippen LogP contribution in [0.1, 0.15) is 36.1 Å². The minimum Gasteiger partial charge on any atom is -0.487 e. The van der Waals surface area contributed by atoms with Crippen LogP contribution in [0, 0.1) is 13.8 Å². The van der Waals surface area contributed by atoms with Crippen molar-refractivity contribution in [3.8, 4) is 11.5 Å². The summed E-state index contributed by atoms with van der Waals surface area (Å²) < 4.78 is 13.0. The smallest absolute Gasteiger partial charge is 0.293 e. The summed E-state index contributed by atoms with van der Waals surface area (Å²) >= 11 is 0. The molecule has 0 saturated carbocycles. The molecule has 0 aliphatic rings. The fraction of sp³-hybridized carbons (Fsp3) is 0.226. The third kappa shape index (κ3) is 7.13. The number of anilines is 1. The van der Waals surface area contributed by atoms with Crippen LogP contribution in [0.5, 0.6) is 11.5 Å². The molecule has 9 heteroatoms. The molecular weight excluding hydrogens is 504 g/mol. The molecule has 210 valence electrons. The average Bonchev–Trinajstić information content (AvgIpc) is 2.96. The largest absolute Gasteiger partial charge is 0.487 e. The molecular formula is C31H38N6O3. The van der Waals surface area contributed by atoms with Gasteiger partial charge in [0, 0.05) is 43.6 Å². The highest BCUT2D eigenvalue weighted by molar-refractivity contribution is 5.94. The fourth-order valence-corrected chi connectivity index (χ4v) is 4.13. The van der Waals surface area contributed by atoms with Crippen molar-refractivity contribution in [3.05, 3.63) is 117 Å². The number of aromatic nitrogens is 2. The Bertz CT molecular complexity index is 1570. The molecule has 0 saturated heterocycles. The summed E-state index contributed by atoms with van der Waals surface area (Å²) in [4.78, 5) is 16.3. The predicted octanol–water partition coefficient (Wildman–Crippen LogP) is 4.86. The van der Waals surface area contributed by atoms with Gasteiger partial charge >= 0.3 is 0 Å². The van der Waals surface area contributed by atoms with E-state index in [0.29, 0.717) is 29.7 Å². The number of nitrogens with zero attached hydrogens (tertiary/aromatic N) is 2. The number of fused-ring (bicyclic) bond motifs is 1. The first-order valence-corrected chi connectivity index (χ1v) is 13.1. The maximum absolute atomic E-state index is 12.1. The summed E-state index contributed by atoms with van der Waals surface area (Å²) in [7, 11) is 1.68. The van der Waals surface area contributed by atoms with Gasteiger partial charge in [0.15, 0.2) is 5.75 Å². The van der Waals surface area contributed by atoms with Crippen LogP contribution in [0.25, 0.3) is 10.8 Å². The molecule has 2 aromatic carbocycles. The quantitative estimate of drug-likeness (QED) is 0.173. The summed E-state index contributed by atoms with van der Waals surface area (Å²) in [5, 5.41) is 5.24. The third-order valence-corrected chi connectivity index (χ3v) is 6.29. The Kier molecular flexibility index (Phi) is 10.2. The lowest BCUT2D eigenvalue weighted by atomic mass is 9.96. The highest BCUT2D eigenvalue weighted by Crippen LogP contribution is 2.28. The number of benzene rings is 2. The Morgan fingerprint density at radius 3 is 2.52 bits per heavy atom. The van der Waals surface area contributed by atoms with Crippen molar-refractivity contribution >= 4 is 16.6 Å². The number of hydrogen-bond acceptors (Lipinski definition) is 8. The van der Waals surface area contributed by atoms with Crippen LogP contribution in [0.4, 0.5) is 5.82 Å². The molecule has 4 aromatic rings.